The Morgan fingerprint density at radius 3 is 2.39 bits per heavy atom. The van der Waals surface area contributed by atoms with E-state index in [1.807, 2.05) is 0 Å². The van der Waals surface area contributed by atoms with Gasteiger partial charge >= 0.3 is 6.18 Å². The van der Waals surface area contributed by atoms with Gasteiger partial charge in [-0.15, -0.1) is 0 Å². The fourth-order valence-electron chi connectivity index (χ4n) is 2.78. The van der Waals surface area contributed by atoms with Gasteiger partial charge < -0.3 is 16.2 Å². The summed E-state index contributed by atoms with van der Waals surface area (Å²) >= 11 is 6.24. The monoisotopic (exact) mass is 414 g/mol. The van der Waals surface area contributed by atoms with E-state index in [1.165, 1.54) is 18.2 Å². The number of hydrogen-bond acceptors (Lipinski definition) is 7. The smallest absolute Gasteiger partial charge is 0.417 e. The van der Waals surface area contributed by atoms with Crippen molar-refractivity contribution in [2.45, 2.75) is 12.0 Å². The molecular formula is C17H18ClF3N6O. The van der Waals surface area contributed by atoms with Crippen molar-refractivity contribution in [2.75, 3.05) is 13.2 Å². The predicted octanol–water partition coefficient (Wildman–Crippen LogP) is 1.85. The zero-order valence-electron chi connectivity index (χ0n) is 14.5. The van der Waals surface area contributed by atoms with E-state index in [9.17, 15) is 13.2 Å². The molecule has 0 saturated carbocycles. The van der Waals surface area contributed by atoms with Crippen LogP contribution in [0.5, 0.6) is 5.75 Å². The van der Waals surface area contributed by atoms with Gasteiger partial charge in [0.1, 0.15) is 12.4 Å². The minimum absolute atomic E-state index is 0.00410. The molecule has 1 unspecified atom stereocenters. The molecule has 2 aromatic carbocycles. The molecule has 1 aliphatic heterocycles. The quantitative estimate of drug-likeness (QED) is 0.508. The van der Waals surface area contributed by atoms with Gasteiger partial charge in [-0.1, -0.05) is 23.7 Å². The van der Waals surface area contributed by atoms with E-state index < -0.39 is 17.5 Å². The number of benzene rings is 2. The summed E-state index contributed by atoms with van der Waals surface area (Å²) in [6.45, 7) is 0.621. The van der Waals surface area contributed by atoms with Crippen molar-refractivity contribution in [2.24, 2.45) is 22.2 Å². The minimum atomic E-state index is -4.68. The highest BCUT2D eigenvalue weighted by Gasteiger charge is 2.39. The lowest BCUT2D eigenvalue weighted by atomic mass is 9.95. The molecule has 0 fully saturated rings. The highest BCUT2D eigenvalue weighted by Crippen LogP contribution is 2.43. The number of nitrogens with two attached hydrogens (primary N) is 3. The van der Waals surface area contributed by atoms with Crippen LogP contribution in [-0.2, 0) is 12.0 Å². The lowest BCUT2D eigenvalue weighted by Gasteiger charge is -2.24. The molecule has 1 atom stereocenters. The van der Waals surface area contributed by atoms with Crippen molar-refractivity contribution in [1.29, 1.82) is 0 Å². The molecular weight excluding hydrogens is 397 g/mol. The summed E-state index contributed by atoms with van der Waals surface area (Å²) in [6, 6.07) is 8.30. The number of hydrogen-bond donors (Lipinski definition) is 5. The van der Waals surface area contributed by atoms with Crippen LogP contribution in [0.4, 0.5) is 13.2 Å². The Labute approximate surface area is 163 Å². The largest absolute Gasteiger partial charge is 0.492 e. The zero-order chi connectivity index (χ0) is 20.5. The average molecular weight is 415 g/mol. The van der Waals surface area contributed by atoms with Crippen LogP contribution in [0.1, 0.15) is 11.1 Å². The van der Waals surface area contributed by atoms with E-state index in [-0.39, 0.29) is 27.7 Å². The summed E-state index contributed by atoms with van der Waals surface area (Å²) in [7, 11) is 0. The fourth-order valence-corrected chi connectivity index (χ4v) is 3.11. The Morgan fingerprint density at radius 2 is 1.86 bits per heavy atom. The topological polar surface area (TPSA) is 124 Å². The number of nitrogens with one attached hydrogen (secondary N) is 2. The molecule has 0 bridgehead atoms. The van der Waals surface area contributed by atoms with Crippen molar-refractivity contribution in [3.8, 4) is 16.9 Å². The summed E-state index contributed by atoms with van der Waals surface area (Å²) in [5.74, 6) is -1.24. The van der Waals surface area contributed by atoms with Gasteiger partial charge in [-0.3, -0.25) is 11.2 Å². The summed E-state index contributed by atoms with van der Waals surface area (Å²) < 4.78 is 46.7. The van der Waals surface area contributed by atoms with Gasteiger partial charge in [0.25, 0.3) is 0 Å². The van der Waals surface area contributed by atoms with E-state index in [0.717, 1.165) is 6.07 Å². The molecule has 2 aromatic rings. The van der Waals surface area contributed by atoms with Gasteiger partial charge in [0.15, 0.2) is 0 Å². The summed E-state index contributed by atoms with van der Waals surface area (Å²) in [5.41, 5.74) is 21.0. The first-order valence-electron chi connectivity index (χ1n) is 8.16. The number of guanidine groups is 1. The number of rotatable bonds is 5. The van der Waals surface area contributed by atoms with Crippen molar-refractivity contribution in [3.63, 3.8) is 0 Å². The third kappa shape index (κ3) is 3.99. The highest BCUT2D eigenvalue weighted by atomic mass is 35.5. The molecule has 0 saturated heterocycles. The number of ether oxygens (including phenoxy) is 1. The molecule has 0 radical (unpaired) electrons. The Hall–Kier alpha value is -2.53. The van der Waals surface area contributed by atoms with Crippen LogP contribution in [0.3, 0.4) is 0 Å². The third-order valence-corrected chi connectivity index (χ3v) is 4.34. The number of nitrogens with zero attached hydrogens (tertiary/aromatic N) is 1. The Bertz CT molecular complexity index is 903. The van der Waals surface area contributed by atoms with Crippen molar-refractivity contribution in [1.82, 2.24) is 10.9 Å². The van der Waals surface area contributed by atoms with Gasteiger partial charge in [0.2, 0.25) is 11.7 Å². The second-order valence-corrected chi connectivity index (χ2v) is 6.46. The average Bonchev–Trinajstić information content (AvgIpc) is 2.99. The molecule has 150 valence electrons. The van der Waals surface area contributed by atoms with Crippen LogP contribution in [0.15, 0.2) is 41.4 Å². The molecule has 0 aliphatic carbocycles. The standard InChI is InChI=1S/C17H18ClF3N6O/c18-13-8-10(17(24)25-15(23)26-27-17)7-12(16(19,20)21)14(13)9-1-3-11(4-2-9)28-6-5-22/h1-4,7-8,27H,5-6,22,24H2,(H3,23,25,26). The lowest BCUT2D eigenvalue weighted by molar-refractivity contribution is -0.137. The molecule has 28 heavy (non-hydrogen) atoms. The highest BCUT2D eigenvalue weighted by molar-refractivity contribution is 6.33. The second-order valence-electron chi connectivity index (χ2n) is 6.05. The molecule has 11 heteroatoms. The van der Waals surface area contributed by atoms with Crippen LogP contribution in [0.25, 0.3) is 11.1 Å². The molecule has 0 amide bonds. The summed E-state index contributed by atoms with van der Waals surface area (Å²) in [5, 5.41) is -0.132. The maximum absolute atomic E-state index is 13.8. The van der Waals surface area contributed by atoms with Gasteiger partial charge in [-0.2, -0.15) is 18.6 Å². The van der Waals surface area contributed by atoms with Crippen LogP contribution in [-0.4, -0.2) is 19.1 Å². The fraction of sp³-hybridized carbons (Fsp3) is 0.235. The Kier molecular flexibility index (Phi) is 5.39. The molecule has 0 spiro atoms. The molecule has 0 aromatic heterocycles. The van der Waals surface area contributed by atoms with Crippen molar-refractivity contribution >= 4 is 17.6 Å². The van der Waals surface area contributed by atoms with Gasteiger partial charge in [-0.25, -0.2) is 4.99 Å². The molecule has 3 rings (SSSR count). The second kappa shape index (κ2) is 7.47. The molecule has 1 aliphatic rings. The normalized spacial score (nSPS) is 19.3. The minimum Gasteiger partial charge on any atom is -0.492 e. The number of hydrazine groups is 1. The summed E-state index contributed by atoms with van der Waals surface area (Å²) in [4.78, 5) is 3.89. The van der Waals surface area contributed by atoms with Crippen LogP contribution in [0, 0.1) is 0 Å². The van der Waals surface area contributed by atoms with E-state index in [2.05, 4.69) is 15.8 Å². The Morgan fingerprint density at radius 1 is 1.18 bits per heavy atom. The molecule has 8 N–H and O–H groups in total. The van der Waals surface area contributed by atoms with Crippen LogP contribution in [0.2, 0.25) is 5.02 Å². The lowest BCUT2D eigenvalue weighted by Crippen LogP contribution is -2.50. The summed E-state index contributed by atoms with van der Waals surface area (Å²) in [6.07, 6.45) is -4.68. The van der Waals surface area contributed by atoms with E-state index in [4.69, 9.17) is 33.5 Å². The zero-order valence-corrected chi connectivity index (χ0v) is 15.2. The number of halogens is 4. The molecule has 1 heterocycles. The number of alkyl halides is 3. The molecule has 7 nitrogen and oxygen atoms in total. The van der Waals surface area contributed by atoms with E-state index in [0.29, 0.717) is 18.9 Å². The van der Waals surface area contributed by atoms with E-state index in [1.54, 1.807) is 12.1 Å². The van der Waals surface area contributed by atoms with Crippen molar-refractivity contribution < 1.29 is 17.9 Å². The SMILES string of the molecule is NCCOc1ccc(-c2c(Cl)cc(C3(N)N=C(N)NN3)cc2C(F)(F)F)cc1. The first-order chi connectivity index (χ1) is 13.1. The van der Waals surface area contributed by atoms with Gasteiger partial charge in [0, 0.05) is 22.7 Å². The van der Waals surface area contributed by atoms with Gasteiger partial charge in [-0.05, 0) is 29.8 Å². The van der Waals surface area contributed by atoms with Crippen LogP contribution < -0.4 is 32.8 Å². The van der Waals surface area contributed by atoms with E-state index >= 15 is 0 Å². The maximum atomic E-state index is 13.8. The van der Waals surface area contributed by atoms with Gasteiger partial charge in [0.05, 0.1) is 5.56 Å². The Balaban J connectivity index is 2.09. The predicted molar refractivity (Wildman–Crippen MR) is 100 cm³/mol. The van der Waals surface area contributed by atoms with Crippen LogP contribution >= 0.6 is 11.6 Å². The van der Waals surface area contributed by atoms with Crippen molar-refractivity contribution in [3.05, 3.63) is 52.5 Å². The maximum Gasteiger partial charge on any atom is 0.417 e. The first kappa shape index (κ1) is 20.2. The number of aliphatic imine (C=N–C) groups is 1. The first-order valence-corrected chi connectivity index (χ1v) is 8.54. The third-order valence-electron chi connectivity index (χ3n) is 4.04.